The molecule has 3 aromatic heterocycles. The molecule has 4 rings (SSSR count). The van der Waals surface area contributed by atoms with E-state index in [0.717, 1.165) is 11.1 Å². The van der Waals surface area contributed by atoms with E-state index in [9.17, 15) is 14.7 Å². The zero-order valence-corrected chi connectivity index (χ0v) is 14.6. The van der Waals surface area contributed by atoms with Crippen LogP contribution < -0.4 is 16.0 Å². The molecule has 0 spiro atoms. The van der Waals surface area contributed by atoms with E-state index in [-0.39, 0.29) is 12.0 Å². The van der Waals surface area contributed by atoms with Gasteiger partial charge in [0, 0.05) is 24.2 Å². The number of nitrogens with zero attached hydrogens (tertiary/aromatic N) is 3. The zero-order chi connectivity index (χ0) is 19.7. The fraction of sp³-hybridized carbons (Fsp3) is 0.158. The lowest BCUT2D eigenvalue weighted by molar-refractivity contribution is -0.118. The molecular formula is C19H17N5O4. The minimum atomic E-state index is -1.10. The SMILES string of the molecule is NC(=O)CC(c1cccnc1)N1c2c(C(=O)O)ccnc2NC1c1ccoc1. The number of furan rings is 1. The Morgan fingerprint density at radius 3 is 2.82 bits per heavy atom. The Bertz CT molecular complexity index is 1010. The van der Waals surface area contributed by atoms with Crippen LogP contribution in [0, 0.1) is 0 Å². The van der Waals surface area contributed by atoms with Crippen LogP contribution in [0.3, 0.4) is 0 Å². The van der Waals surface area contributed by atoms with Gasteiger partial charge in [0.2, 0.25) is 5.91 Å². The van der Waals surface area contributed by atoms with E-state index < -0.39 is 24.1 Å². The van der Waals surface area contributed by atoms with E-state index in [2.05, 4.69) is 15.3 Å². The third-order valence-corrected chi connectivity index (χ3v) is 4.62. The Morgan fingerprint density at radius 2 is 2.18 bits per heavy atom. The van der Waals surface area contributed by atoms with Gasteiger partial charge in [-0.25, -0.2) is 9.78 Å². The molecule has 1 aliphatic rings. The minimum absolute atomic E-state index is 0.0326. The second-order valence-electron chi connectivity index (χ2n) is 6.34. The van der Waals surface area contributed by atoms with Crippen LogP contribution in [0.4, 0.5) is 11.5 Å². The summed E-state index contributed by atoms with van der Waals surface area (Å²) in [4.78, 5) is 34.0. The first kappa shape index (κ1) is 17.5. The van der Waals surface area contributed by atoms with Gasteiger partial charge in [0.05, 0.1) is 36.2 Å². The first-order valence-corrected chi connectivity index (χ1v) is 8.53. The molecule has 0 fully saturated rings. The number of aromatic carboxylic acids is 1. The molecule has 0 aliphatic carbocycles. The van der Waals surface area contributed by atoms with Gasteiger partial charge < -0.3 is 25.5 Å². The summed E-state index contributed by atoms with van der Waals surface area (Å²) in [6.07, 6.45) is 7.24. The summed E-state index contributed by atoms with van der Waals surface area (Å²) < 4.78 is 5.21. The molecule has 142 valence electrons. The Labute approximate surface area is 159 Å². The van der Waals surface area contributed by atoms with Crippen molar-refractivity contribution >= 4 is 23.4 Å². The lowest BCUT2D eigenvalue weighted by Gasteiger charge is -2.34. The highest BCUT2D eigenvalue weighted by molar-refractivity contribution is 5.99. The van der Waals surface area contributed by atoms with Crippen LogP contribution in [-0.2, 0) is 4.79 Å². The highest BCUT2D eigenvalue weighted by atomic mass is 16.4. The summed E-state index contributed by atoms with van der Waals surface area (Å²) >= 11 is 0. The number of nitrogens with one attached hydrogen (secondary N) is 1. The number of anilines is 2. The van der Waals surface area contributed by atoms with Crippen LogP contribution in [0.15, 0.2) is 59.8 Å². The third-order valence-electron chi connectivity index (χ3n) is 4.62. The highest BCUT2D eigenvalue weighted by Crippen LogP contribution is 2.47. The van der Waals surface area contributed by atoms with Gasteiger partial charge in [-0.1, -0.05) is 6.07 Å². The molecule has 9 nitrogen and oxygen atoms in total. The van der Waals surface area contributed by atoms with Crippen molar-refractivity contribution in [3.05, 3.63) is 72.1 Å². The standard InChI is InChI=1S/C19H17N5O4/c20-15(25)8-14(11-2-1-5-21-9-11)24-16-13(19(26)27)3-6-22-17(16)23-18(24)12-4-7-28-10-12/h1-7,9-10,14,18H,8H2,(H2,20,25)(H,22,23)(H,26,27). The molecule has 1 aliphatic heterocycles. The lowest BCUT2D eigenvalue weighted by Crippen LogP contribution is -2.35. The summed E-state index contributed by atoms with van der Waals surface area (Å²) in [6.45, 7) is 0. The predicted molar refractivity (Wildman–Crippen MR) is 99.5 cm³/mol. The Hall–Kier alpha value is -3.88. The average molecular weight is 379 g/mol. The molecule has 0 radical (unpaired) electrons. The molecule has 2 unspecified atom stereocenters. The van der Waals surface area contributed by atoms with Crippen molar-refractivity contribution in [2.45, 2.75) is 18.6 Å². The Balaban J connectivity index is 1.91. The number of amides is 1. The number of hydrogen-bond donors (Lipinski definition) is 3. The van der Waals surface area contributed by atoms with Gasteiger partial charge in [-0.05, 0) is 23.8 Å². The van der Waals surface area contributed by atoms with Crippen molar-refractivity contribution in [1.29, 1.82) is 0 Å². The maximum atomic E-state index is 11.9. The number of carboxylic acids is 1. The first-order chi connectivity index (χ1) is 13.6. The lowest BCUT2D eigenvalue weighted by atomic mass is 10.0. The van der Waals surface area contributed by atoms with Gasteiger partial charge in [-0.3, -0.25) is 9.78 Å². The third kappa shape index (κ3) is 3.02. The molecule has 28 heavy (non-hydrogen) atoms. The fourth-order valence-corrected chi connectivity index (χ4v) is 3.47. The van der Waals surface area contributed by atoms with Crippen molar-refractivity contribution in [3.63, 3.8) is 0 Å². The molecule has 0 saturated heterocycles. The van der Waals surface area contributed by atoms with E-state index >= 15 is 0 Å². The van der Waals surface area contributed by atoms with Crippen LogP contribution in [0.1, 0.15) is 40.1 Å². The van der Waals surface area contributed by atoms with Crippen LogP contribution in [0.25, 0.3) is 0 Å². The molecule has 0 saturated carbocycles. The maximum absolute atomic E-state index is 11.9. The normalized spacial score (nSPS) is 16.3. The van der Waals surface area contributed by atoms with Crippen LogP contribution in [0.5, 0.6) is 0 Å². The number of hydrogen-bond acceptors (Lipinski definition) is 7. The van der Waals surface area contributed by atoms with E-state index in [1.54, 1.807) is 35.7 Å². The monoisotopic (exact) mass is 379 g/mol. The predicted octanol–water partition coefficient (Wildman–Crippen LogP) is 2.32. The number of pyridine rings is 2. The molecular weight excluding hydrogens is 362 g/mol. The number of carbonyl (C=O) groups is 2. The smallest absolute Gasteiger partial charge is 0.338 e. The molecule has 2 atom stereocenters. The van der Waals surface area contributed by atoms with E-state index in [1.807, 2.05) is 6.07 Å². The Morgan fingerprint density at radius 1 is 1.32 bits per heavy atom. The van der Waals surface area contributed by atoms with Crippen molar-refractivity contribution in [2.75, 3.05) is 10.2 Å². The molecule has 1 amide bonds. The maximum Gasteiger partial charge on any atom is 0.338 e. The summed E-state index contributed by atoms with van der Waals surface area (Å²) in [5, 5.41) is 12.9. The van der Waals surface area contributed by atoms with Crippen LogP contribution in [0.2, 0.25) is 0 Å². The number of nitrogens with two attached hydrogens (primary N) is 1. The van der Waals surface area contributed by atoms with Gasteiger partial charge >= 0.3 is 5.97 Å². The van der Waals surface area contributed by atoms with E-state index in [4.69, 9.17) is 10.2 Å². The van der Waals surface area contributed by atoms with Crippen LogP contribution >= 0.6 is 0 Å². The summed E-state index contributed by atoms with van der Waals surface area (Å²) in [5.41, 5.74) is 7.46. The van der Waals surface area contributed by atoms with E-state index in [1.165, 1.54) is 18.5 Å². The molecule has 3 aromatic rings. The van der Waals surface area contributed by atoms with Crippen molar-refractivity contribution in [2.24, 2.45) is 5.73 Å². The Kier molecular flexibility index (Phi) is 4.40. The highest BCUT2D eigenvalue weighted by Gasteiger charge is 2.40. The molecule has 0 aromatic carbocycles. The van der Waals surface area contributed by atoms with Crippen molar-refractivity contribution in [1.82, 2.24) is 9.97 Å². The summed E-state index contributed by atoms with van der Waals surface area (Å²) in [5.74, 6) is -1.21. The van der Waals surface area contributed by atoms with E-state index in [0.29, 0.717) is 11.5 Å². The zero-order valence-electron chi connectivity index (χ0n) is 14.6. The molecule has 0 bridgehead atoms. The van der Waals surface area contributed by atoms with Gasteiger partial charge in [0.15, 0.2) is 5.82 Å². The second kappa shape index (κ2) is 7.03. The first-order valence-electron chi connectivity index (χ1n) is 8.53. The molecule has 9 heteroatoms. The van der Waals surface area contributed by atoms with Gasteiger partial charge in [0.25, 0.3) is 0 Å². The van der Waals surface area contributed by atoms with Gasteiger partial charge in [-0.2, -0.15) is 0 Å². The average Bonchev–Trinajstić information content (AvgIpc) is 3.34. The number of carboxylic acid groups (broad SMARTS) is 1. The van der Waals surface area contributed by atoms with Crippen molar-refractivity contribution in [3.8, 4) is 0 Å². The fourth-order valence-electron chi connectivity index (χ4n) is 3.47. The minimum Gasteiger partial charge on any atom is -0.478 e. The van der Waals surface area contributed by atoms with Crippen molar-refractivity contribution < 1.29 is 19.1 Å². The number of aromatic nitrogens is 2. The number of fused-ring (bicyclic) bond motifs is 1. The number of primary amides is 1. The van der Waals surface area contributed by atoms with Gasteiger partial charge in [0.1, 0.15) is 6.17 Å². The summed E-state index contributed by atoms with van der Waals surface area (Å²) in [6, 6.07) is 6.21. The topological polar surface area (TPSA) is 135 Å². The number of carbonyl (C=O) groups excluding carboxylic acids is 1. The molecule has 4 N–H and O–H groups in total. The van der Waals surface area contributed by atoms with Crippen LogP contribution in [-0.4, -0.2) is 27.0 Å². The second-order valence-corrected chi connectivity index (χ2v) is 6.34. The largest absolute Gasteiger partial charge is 0.478 e. The quantitative estimate of drug-likeness (QED) is 0.594. The molecule has 4 heterocycles. The summed E-state index contributed by atoms with van der Waals surface area (Å²) in [7, 11) is 0. The van der Waals surface area contributed by atoms with Gasteiger partial charge in [-0.15, -0.1) is 0 Å². The number of rotatable bonds is 6.